The van der Waals surface area contributed by atoms with Crippen molar-refractivity contribution >= 4 is 16.8 Å². The molecule has 2 heterocycles. The van der Waals surface area contributed by atoms with Gasteiger partial charge in [0, 0.05) is 35.1 Å². The number of aromatic nitrogens is 1. The maximum Gasteiger partial charge on any atom is 0.223 e. The molecule has 2 unspecified atom stereocenters. The molecule has 33 heavy (non-hydrogen) atoms. The molecule has 1 aliphatic rings. The Morgan fingerprint density at radius 3 is 2.48 bits per heavy atom. The zero-order chi connectivity index (χ0) is 23.6. The number of hydrogen-bond acceptors (Lipinski definition) is 2. The van der Waals surface area contributed by atoms with Gasteiger partial charge in [0.1, 0.15) is 0 Å². The van der Waals surface area contributed by atoms with Gasteiger partial charge in [-0.05, 0) is 62.9 Å². The standard InChI is InChI=1S/C29H39N3O/c1-6-29(31(4)5,22-12-8-7-9-13-22)18-16-26-28-24(23-14-10-11-15-25(23)30-28)17-19-32(26)27(33)20-21(2)3/h7-15,21,26,30H,6,16-20H2,1-5H3. The summed E-state index contributed by atoms with van der Waals surface area (Å²) in [6.07, 6.45) is 4.48. The zero-order valence-electron chi connectivity index (χ0n) is 20.9. The Labute approximate surface area is 199 Å². The van der Waals surface area contributed by atoms with Gasteiger partial charge in [0.05, 0.1) is 6.04 Å². The molecule has 2 atom stereocenters. The Morgan fingerprint density at radius 2 is 1.82 bits per heavy atom. The van der Waals surface area contributed by atoms with Crippen LogP contribution in [0.2, 0.25) is 0 Å². The normalized spacial score (nSPS) is 18.0. The number of carbonyl (C=O) groups is 1. The molecular formula is C29H39N3O. The first-order valence-electron chi connectivity index (χ1n) is 12.5. The van der Waals surface area contributed by atoms with Gasteiger partial charge < -0.3 is 9.88 Å². The van der Waals surface area contributed by atoms with Crippen LogP contribution in [0.1, 0.15) is 69.3 Å². The van der Waals surface area contributed by atoms with E-state index in [0.29, 0.717) is 12.3 Å². The molecule has 4 rings (SSSR count). The van der Waals surface area contributed by atoms with Crippen molar-refractivity contribution in [2.45, 2.75) is 64.5 Å². The van der Waals surface area contributed by atoms with Crippen LogP contribution in [0.3, 0.4) is 0 Å². The average Bonchev–Trinajstić information content (AvgIpc) is 3.19. The molecule has 0 bridgehead atoms. The Kier molecular flexibility index (Phi) is 6.94. The first-order chi connectivity index (χ1) is 15.9. The summed E-state index contributed by atoms with van der Waals surface area (Å²) in [5.41, 5.74) is 5.12. The third kappa shape index (κ3) is 4.46. The molecule has 0 radical (unpaired) electrons. The van der Waals surface area contributed by atoms with Crippen LogP contribution in [0.25, 0.3) is 10.9 Å². The van der Waals surface area contributed by atoms with Crippen LogP contribution in [0.4, 0.5) is 0 Å². The van der Waals surface area contributed by atoms with Crippen LogP contribution >= 0.6 is 0 Å². The van der Waals surface area contributed by atoms with Crippen molar-refractivity contribution < 1.29 is 4.79 Å². The van der Waals surface area contributed by atoms with E-state index in [1.54, 1.807) is 0 Å². The van der Waals surface area contributed by atoms with Crippen molar-refractivity contribution in [3.8, 4) is 0 Å². The number of benzene rings is 2. The molecule has 1 amide bonds. The lowest BCUT2D eigenvalue weighted by molar-refractivity contribution is -0.135. The van der Waals surface area contributed by atoms with E-state index in [0.717, 1.165) is 32.2 Å². The first-order valence-corrected chi connectivity index (χ1v) is 12.5. The fourth-order valence-corrected chi connectivity index (χ4v) is 5.83. The van der Waals surface area contributed by atoms with Gasteiger partial charge in [0.25, 0.3) is 0 Å². The number of carbonyl (C=O) groups excluding carboxylic acids is 1. The lowest BCUT2D eigenvalue weighted by atomic mass is 9.79. The SMILES string of the molecule is CCC(CCC1c2[nH]c3ccccc3c2CCN1C(=O)CC(C)C)(c1ccccc1)N(C)C. The molecule has 4 nitrogen and oxygen atoms in total. The minimum atomic E-state index is -0.0579. The van der Waals surface area contributed by atoms with Crippen LogP contribution in [0.15, 0.2) is 54.6 Å². The number of fused-ring (bicyclic) bond motifs is 3. The van der Waals surface area contributed by atoms with Gasteiger partial charge in [-0.2, -0.15) is 0 Å². The van der Waals surface area contributed by atoms with Crippen LogP contribution < -0.4 is 0 Å². The molecule has 1 aliphatic heterocycles. The topological polar surface area (TPSA) is 39.3 Å². The first kappa shape index (κ1) is 23.6. The minimum Gasteiger partial charge on any atom is -0.356 e. The van der Waals surface area contributed by atoms with Crippen molar-refractivity contribution in [1.82, 2.24) is 14.8 Å². The maximum atomic E-state index is 13.3. The highest BCUT2D eigenvalue weighted by Crippen LogP contribution is 2.42. The van der Waals surface area contributed by atoms with Crippen molar-refractivity contribution in [3.63, 3.8) is 0 Å². The summed E-state index contributed by atoms with van der Waals surface area (Å²) in [4.78, 5) is 21.6. The lowest BCUT2D eigenvalue weighted by Gasteiger charge is -2.43. The van der Waals surface area contributed by atoms with Crippen LogP contribution in [0, 0.1) is 5.92 Å². The third-order valence-corrected chi connectivity index (χ3v) is 7.65. The Hall–Kier alpha value is -2.59. The number of para-hydroxylation sites is 1. The quantitative estimate of drug-likeness (QED) is 0.443. The number of amides is 1. The zero-order valence-corrected chi connectivity index (χ0v) is 20.9. The molecule has 2 aromatic carbocycles. The largest absolute Gasteiger partial charge is 0.356 e. The molecule has 4 heteroatoms. The van der Waals surface area contributed by atoms with Crippen molar-refractivity contribution in [1.29, 1.82) is 0 Å². The van der Waals surface area contributed by atoms with Gasteiger partial charge in [-0.3, -0.25) is 9.69 Å². The van der Waals surface area contributed by atoms with Crippen LogP contribution in [-0.4, -0.2) is 41.3 Å². The maximum absolute atomic E-state index is 13.3. The minimum absolute atomic E-state index is 0.0579. The van der Waals surface area contributed by atoms with Gasteiger partial charge >= 0.3 is 0 Å². The predicted molar refractivity (Wildman–Crippen MR) is 137 cm³/mol. The van der Waals surface area contributed by atoms with Crippen molar-refractivity contribution in [3.05, 3.63) is 71.4 Å². The monoisotopic (exact) mass is 445 g/mol. The Bertz CT molecular complexity index is 1080. The number of nitrogens with one attached hydrogen (secondary N) is 1. The highest BCUT2D eigenvalue weighted by atomic mass is 16.2. The average molecular weight is 446 g/mol. The molecule has 0 saturated heterocycles. The van der Waals surface area contributed by atoms with Crippen molar-refractivity contribution in [2.24, 2.45) is 5.92 Å². The second-order valence-electron chi connectivity index (χ2n) is 10.2. The van der Waals surface area contributed by atoms with Gasteiger partial charge in [0.15, 0.2) is 0 Å². The Balaban J connectivity index is 1.72. The molecule has 176 valence electrons. The van der Waals surface area contributed by atoms with E-state index in [1.165, 1.54) is 27.7 Å². The van der Waals surface area contributed by atoms with E-state index in [1.807, 2.05) is 0 Å². The second kappa shape index (κ2) is 9.72. The number of aromatic amines is 1. The van der Waals surface area contributed by atoms with E-state index in [-0.39, 0.29) is 17.5 Å². The summed E-state index contributed by atoms with van der Waals surface area (Å²) in [5.74, 6) is 0.647. The van der Waals surface area contributed by atoms with Crippen LogP contribution in [-0.2, 0) is 16.8 Å². The third-order valence-electron chi connectivity index (χ3n) is 7.65. The summed E-state index contributed by atoms with van der Waals surface area (Å²) in [5, 5.41) is 1.31. The van der Waals surface area contributed by atoms with E-state index in [4.69, 9.17) is 0 Å². The second-order valence-corrected chi connectivity index (χ2v) is 10.2. The number of rotatable bonds is 8. The number of H-pyrrole nitrogens is 1. The molecule has 0 fully saturated rings. The number of nitrogens with zero attached hydrogens (tertiary/aromatic N) is 2. The summed E-state index contributed by atoms with van der Waals surface area (Å²) < 4.78 is 0. The fraction of sp³-hybridized carbons (Fsp3) is 0.483. The van der Waals surface area contributed by atoms with E-state index >= 15 is 0 Å². The fourth-order valence-electron chi connectivity index (χ4n) is 5.83. The summed E-state index contributed by atoms with van der Waals surface area (Å²) in [6.45, 7) is 7.35. The molecule has 0 saturated carbocycles. The van der Waals surface area contributed by atoms with Gasteiger partial charge in [-0.25, -0.2) is 0 Å². The highest BCUT2D eigenvalue weighted by molar-refractivity contribution is 5.86. The number of hydrogen-bond donors (Lipinski definition) is 1. The Morgan fingerprint density at radius 1 is 1.12 bits per heavy atom. The molecule has 0 spiro atoms. The van der Waals surface area contributed by atoms with Gasteiger partial charge in [-0.15, -0.1) is 0 Å². The predicted octanol–water partition coefficient (Wildman–Crippen LogP) is 6.29. The van der Waals surface area contributed by atoms with Crippen molar-refractivity contribution in [2.75, 3.05) is 20.6 Å². The molecular weight excluding hydrogens is 406 g/mol. The van der Waals surface area contributed by atoms with Gasteiger partial charge in [0.2, 0.25) is 5.91 Å². The lowest BCUT2D eigenvalue weighted by Crippen LogP contribution is -2.44. The summed E-state index contributed by atoms with van der Waals surface area (Å²) >= 11 is 0. The smallest absolute Gasteiger partial charge is 0.223 e. The van der Waals surface area contributed by atoms with E-state index in [9.17, 15) is 4.79 Å². The van der Waals surface area contributed by atoms with E-state index in [2.05, 4.69) is 104 Å². The van der Waals surface area contributed by atoms with Crippen LogP contribution in [0.5, 0.6) is 0 Å². The molecule has 3 aromatic rings. The molecule has 1 aromatic heterocycles. The van der Waals surface area contributed by atoms with Gasteiger partial charge in [-0.1, -0.05) is 69.3 Å². The molecule has 1 N–H and O–H groups in total. The summed E-state index contributed by atoms with van der Waals surface area (Å²) in [7, 11) is 4.38. The summed E-state index contributed by atoms with van der Waals surface area (Å²) in [6, 6.07) is 19.5. The van der Waals surface area contributed by atoms with E-state index < -0.39 is 0 Å². The highest BCUT2D eigenvalue weighted by Gasteiger charge is 2.38. The molecule has 0 aliphatic carbocycles.